The second-order valence-electron chi connectivity index (χ2n) is 6.41. The van der Waals surface area contributed by atoms with E-state index < -0.39 is 17.8 Å². The summed E-state index contributed by atoms with van der Waals surface area (Å²) in [7, 11) is 0. The first-order chi connectivity index (χ1) is 14.5. The van der Waals surface area contributed by atoms with Crippen LogP contribution in [0.5, 0.6) is 5.75 Å². The van der Waals surface area contributed by atoms with Crippen LogP contribution in [0.25, 0.3) is 6.08 Å². The fourth-order valence-corrected chi connectivity index (χ4v) is 3.11. The summed E-state index contributed by atoms with van der Waals surface area (Å²) in [6.45, 7) is 0. The summed E-state index contributed by atoms with van der Waals surface area (Å²) in [5.41, 5.74) is 3.66. The van der Waals surface area contributed by atoms with Gasteiger partial charge in [-0.25, -0.2) is 9.80 Å². The first-order valence-electron chi connectivity index (χ1n) is 9.02. The lowest BCUT2D eigenvalue weighted by Crippen LogP contribution is -2.35. The van der Waals surface area contributed by atoms with E-state index in [4.69, 9.17) is 16.3 Å². The van der Waals surface area contributed by atoms with Crippen LogP contribution in [0.2, 0.25) is 5.02 Å². The smallest absolute Gasteiger partial charge is 0.343 e. The maximum absolute atomic E-state index is 12.8. The van der Waals surface area contributed by atoms with Gasteiger partial charge in [0.25, 0.3) is 11.8 Å². The highest BCUT2D eigenvalue weighted by Crippen LogP contribution is 2.28. The number of nitrogens with one attached hydrogen (secondary N) is 1. The largest absolute Gasteiger partial charge is 0.422 e. The summed E-state index contributed by atoms with van der Waals surface area (Å²) in [6.07, 6.45) is 1.36. The summed E-state index contributed by atoms with van der Waals surface area (Å²) < 4.78 is 5.48. The van der Waals surface area contributed by atoms with E-state index in [1.165, 1.54) is 18.2 Å². The molecule has 1 aliphatic rings. The molecule has 1 heterocycles. The van der Waals surface area contributed by atoms with E-state index in [1.807, 2.05) is 6.07 Å². The molecule has 1 aliphatic heterocycles. The molecule has 6 nitrogen and oxygen atoms in total. The molecule has 1 fully saturated rings. The number of anilines is 1. The second-order valence-corrected chi connectivity index (χ2v) is 6.85. The fraction of sp³-hybridized carbons (Fsp3) is 0. The summed E-state index contributed by atoms with van der Waals surface area (Å²) >= 11 is 6.09. The van der Waals surface area contributed by atoms with Gasteiger partial charge in [-0.05, 0) is 48.5 Å². The van der Waals surface area contributed by atoms with Crippen LogP contribution in [0.15, 0.2) is 84.4 Å². The molecule has 0 atom stereocenters. The Morgan fingerprint density at radius 1 is 0.933 bits per heavy atom. The van der Waals surface area contributed by atoms with Crippen LogP contribution in [-0.2, 0) is 9.59 Å². The highest BCUT2D eigenvalue weighted by molar-refractivity contribution is 6.32. The highest BCUT2D eigenvalue weighted by atomic mass is 35.5. The number of ether oxygens (including phenoxy) is 1. The second kappa shape index (κ2) is 8.23. The summed E-state index contributed by atoms with van der Waals surface area (Å²) in [5.74, 6) is -1.47. The number of benzene rings is 3. The van der Waals surface area contributed by atoms with Crippen LogP contribution in [0, 0.1) is 0 Å². The molecule has 3 aromatic carbocycles. The molecule has 0 bridgehead atoms. The number of carbonyl (C=O) groups excluding carboxylic acids is 3. The zero-order valence-electron chi connectivity index (χ0n) is 15.5. The van der Waals surface area contributed by atoms with Gasteiger partial charge in [0.2, 0.25) is 0 Å². The number of halogens is 1. The number of amides is 2. The van der Waals surface area contributed by atoms with Gasteiger partial charge >= 0.3 is 5.97 Å². The van der Waals surface area contributed by atoms with E-state index in [2.05, 4.69) is 5.43 Å². The number of carbonyl (C=O) groups is 3. The lowest BCUT2D eigenvalue weighted by atomic mass is 10.1. The fourth-order valence-electron chi connectivity index (χ4n) is 2.93. The van der Waals surface area contributed by atoms with Crippen molar-refractivity contribution in [1.82, 2.24) is 5.43 Å². The van der Waals surface area contributed by atoms with Crippen LogP contribution < -0.4 is 15.2 Å². The number of rotatable bonds is 4. The zero-order valence-corrected chi connectivity index (χ0v) is 16.3. The molecule has 0 unspecified atom stereocenters. The van der Waals surface area contributed by atoms with Crippen LogP contribution in [0.4, 0.5) is 5.69 Å². The molecule has 4 rings (SSSR count). The van der Waals surface area contributed by atoms with Gasteiger partial charge in [-0.2, -0.15) is 0 Å². The SMILES string of the molecule is O=C1NN(c2ccccc2)C(=O)C1=Cc1cc(Cl)ccc1OC(=O)c1ccccc1. The average Bonchev–Trinajstić information content (AvgIpc) is 3.05. The lowest BCUT2D eigenvalue weighted by molar-refractivity contribution is -0.117. The maximum Gasteiger partial charge on any atom is 0.343 e. The molecule has 2 amide bonds. The predicted octanol–water partition coefficient (Wildman–Crippen LogP) is 4.02. The Kier molecular flexibility index (Phi) is 5.32. The number of para-hydroxylation sites is 1. The van der Waals surface area contributed by atoms with Crippen molar-refractivity contribution in [3.8, 4) is 5.75 Å². The quantitative estimate of drug-likeness (QED) is 0.300. The van der Waals surface area contributed by atoms with Crippen LogP contribution in [0.3, 0.4) is 0 Å². The number of hydrogen-bond donors (Lipinski definition) is 1. The van der Waals surface area contributed by atoms with Gasteiger partial charge in [0.15, 0.2) is 0 Å². The molecule has 30 heavy (non-hydrogen) atoms. The first kappa shape index (κ1) is 19.4. The Morgan fingerprint density at radius 3 is 2.30 bits per heavy atom. The van der Waals surface area contributed by atoms with E-state index in [-0.39, 0.29) is 11.3 Å². The molecule has 148 valence electrons. The Bertz CT molecular complexity index is 1160. The molecular weight excluding hydrogens is 404 g/mol. The van der Waals surface area contributed by atoms with E-state index in [9.17, 15) is 14.4 Å². The van der Waals surface area contributed by atoms with Crippen molar-refractivity contribution in [2.24, 2.45) is 0 Å². The van der Waals surface area contributed by atoms with E-state index in [0.717, 1.165) is 5.01 Å². The molecule has 1 saturated heterocycles. The highest BCUT2D eigenvalue weighted by Gasteiger charge is 2.34. The van der Waals surface area contributed by atoms with Gasteiger partial charge in [-0.15, -0.1) is 0 Å². The third-order valence-electron chi connectivity index (χ3n) is 4.39. The average molecular weight is 419 g/mol. The van der Waals surface area contributed by atoms with Gasteiger partial charge in [-0.1, -0.05) is 48.0 Å². The van der Waals surface area contributed by atoms with Crippen molar-refractivity contribution in [1.29, 1.82) is 0 Å². The lowest BCUT2D eigenvalue weighted by Gasteiger charge is -2.14. The Labute approximate surface area is 177 Å². The molecule has 0 saturated carbocycles. The Hall–Kier alpha value is -3.90. The molecular formula is C23H15ClN2O4. The monoisotopic (exact) mass is 418 g/mol. The van der Waals surface area contributed by atoms with Crippen LogP contribution in [-0.4, -0.2) is 17.8 Å². The topological polar surface area (TPSA) is 75.7 Å². The Balaban J connectivity index is 1.66. The van der Waals surface area contributed by atoms with Gasteiger partial charge in [0.05, 0.1) is 11.3 Å². The van der Waals surface area contributed by atoms with E-state index in [1.54, 1.807) is 60.7 Å². The summed E-state index contributed by atoms with van der Waals surface area (Å²) in [6, 6.07) is 21.8. The molecule has 0 radical (unpaired) electrons. The normalized spacial score (nSPS) is 14.7. The van der Waals surface area contributed by atoms with Gasteiger partial charge in [0.1, 0.15) is 11.3 Å². The van der Waals surface area contributed by atoms with E-state index >= 15 is 0 Å². The molecule has 0 spiro atoms. The van der Waals surface area contributed by atoms with Gasteiger partial charge in [-0.3, -0.25) is 15.0 Å². The van der Waals surface area contributed by atoms with Crippen molar-refractivity contribution in [2.45, 2.75) is 0 Å². The summed E-state index contributed by atoms with van der Waals surface area (Å²) in [5, 5.41) is 1.53. The minimum Gasteiger partial charge on any atom is -0.422 e. The number of esters is 1. The maximum atomic E-state index is 12.8. The van der Waals surface area contributed by atoms with Gasteiger partial charge in [0, 0.05) is 10.6 Å². The third kappa shape index (κ3) is 3.94. The third-order valence-corrected chi connectivity index (χ3v) is 4.62. The predicted molar refractivity (Wildman–Crippen MR) is 113 cm³/mol. The van der Waals surface area contributed by atoms with Crippen LogP contribution >= 0.6 is 11.6 Å². The van der Waals surface area contributed by atoms with Crippen molar-refractivity contribution in [2.75, 3.05) is 5.01 Å². The molecule has 0 aliphatic carbocycles. The minimum atomic E-state index is -0.566. The molecule has 1 N–H and O–H groups in total. The van der Waals surface area contributed by atoms with Crippen molar-refractivity contribution in [3.05, 3.63) is 101 Å². The van der Waals surface area contributed by atoms with Gasteiger partial charge < -0.3 is 4.74 Å². The molecule has 3 aromatic rings. The standard InChI is InChI=1S/C23H15ClN2O4/c24-17-11-12-20(30-23(29)15-7-3-1-4-8-15)16(13-17)14-19-21(27)25-26(22(19)28)18-9-5-2-6-10-18/h1-14H,(H,25,27). The number of nitrogens with zero attached hydrogens (tertiary/aromatic N) is 1. The Morgan fingerprint density at radius 2 is 1.60 bits per heavy atom. The number of hydrazine groups is 1. The molecule has 0 aromatic heterocycles. The minimum absolute atomic E-state index is 0.0990. The first-order valence-corrected chi connectivity index (χ1v) is 9.40. The van der Waals surface area contributed by atoms with Crippen LogP contribution in [0.1, 0.15) is 15.9 Å². The molecule has 7 heteroatoms. The summed E-state index contributed by atoms with van der Waals surface area (Å²) in [4.78, 5) is 37.6. The van der Waals surface area contributed by atoms with Crippen molar-refractivity contribution < 1.29 is 19.1 Å². The number of hydrogen-bond acceptors (Lipinski definition) is 4. The van der Waals surface area contributed by atoms with E-state index in [0.29, 0.717) is 21.8 Å². The van der Waals surface area contributed by atoms with Crippen molar-refractivity contribution in [3.63, 3.8) is 0 Å². The zero-order chi connectivity index (χ0) is 21.1. The van der Waals surface area contributed by atoms with Crippen molar-refractivity contribution >= 4 is 41.1 Å².